The van der Waals surface area contributed by atoms with Crippen LogP contribution < -0.4 is 16.0 Å². The fourth-order valence-corrected chi connectivity index (χ4v) is 3.67. The molecule has 0 aromatic heterocycles. The molecule has 0 saturated heterocycles. The van der Waals surface area contributed by atoms with Gasteiger partial charge in [0.2, 0.25) is 0 Å². The molecular weight excluding hydrogens is 288 g/mol. The lowest BCUT2D eigenvalue weighted by Crippen LogP contribution is -2.62. The number of nitrogens with one attached hydrogen (secondary N) is 3. The van der Waals surface area contributed by atoms with Crippen molar-refractivity contribution in [3.05, 3.63) is 23.3 Å². The zero-order valence-electron chi connectivity index (χ0n) is 15.5. The van der Waals surface area contributed by atoms with Crippen molar-refractivity contribution >= 4 is 0 Å². The number of nitrogens with zero attached hydrogens (tertiary/aromatic N) is 3. The molecule has 3 N–H and O–H groups in total. The molecule has 0 saturated carbocycles. The maximum atomic E-state index is 3.62. The summed E-state index contributed by atoms with van der Waals surface area (Å²) in [5, 5.41) is 10.7. The predicted molar refractivity (Wildman–Crippen MR) is 93.9 cm³/mol. The lowest BCUT2D eigenvalue weighted by Gasteiger charge is -2.53. The molecule has 3 aliphatic rings. The Bertz CT molecular complexity index is 528. The van der Waals surface area contributed by atoms with E-state index in [0.717, 1.165) is 44.4 Å². The van der Waals surface area contributed by atoms with E-state index in [1.807, 2.05) is 0 Å². The molecule has 0 unspecified atom stereocenters. The summed E-state index contributed by atoms with van der Waals surface area (Å²) in [4.78, 5) is 7.49. The van der Waals surface area contributed by atoms with Crippen molar-refractivity contribution in [1.29, 1.82) is 0 Å². The van der Waals surface area contributed by atoms with Crippen LogP contribution >= 0.6 is 0 Å². The summed E-state index contributed by atoms with van der Waals surface area (Å²) in [6, 6.07) is 0.394. The molecule has 23 heavy (non-hydrogen) atoms. The highest BCUT2D eigenvalue weighted by molar-refractivity contribution is 5.32. The topological polar surface area (TPSA) is 45.8 Å². The molecule has 0 aromatic carbocycles. The minimum atomic E-state index is 0.0920. The van der Waals surface area contributed by atoms with Crippen LogP contribution in [0.5, 0.6) is 0 Å². The van der Waals surface area contributed by atoms with Gasteiger partial charge in [0, 0.05) is 44.3 Å². The zero-order valence-corrected chi connectivity index (χ0v) is 15.5. The Morgan fingerprint density at radius 3 is 2.17 bits per heavy atom. The highest BCUT2D eigenvalue weighted by Crippen LogP contribution is 2.35. The largest absolute Gasteiger partial charge is 0.367 e. The smallest absolute Gasteiger partial charge is 0.152 e. The first-order valence-corrected chi connectivity index (χ1v) is 8.89. The molecular formula is C17H32N6. The van der Waals surface area contributed by atoms with Crippen molar-refractivity contribution in [2.24, 2.45) is 0 Å². The summed E-state index contributed by atoms with van der Waals surface area (Å²) in [5.74, 6) is 4.82. The van der Waals surface area contributed by atoms with Gasteiger partial charge in [-0.2, -0.15) is 0 Å². The normalized spacial score (nSPS) is 21.8. The maximum absolute atomic E-state index is 3.62. The van der Waals surface area contributed by atoms with E-state index in [-0.39, 0.29) is 5.54 Å². The van der Waals surface area contributed by atoms with E-state index in [1.165, 1.54) is 11.6 Å². The van der Waals surface area contributed by atoms with Crippen molar-refractivity contribution in [1.82, 2.24) is 30.7 Å². The molecule has 3 rings (SSSR count). The molecule has 3 aliphatic heterocycles. The Morgan fingerprint density at radius 2 is 1.61 bits per heavy atom. The van der Waals surface area contributed by atoms with E-state index >= 15 is 0 Å². The van der Waals surface area contributed by atoms with Crippen LogP contribution in [-0.4, -0.2) is 59.0 Å². The van der Waals surface area contributed by atoms with Crippen LogP contribution in [-0.2, 0) is 0 Å². The SMILES string of the molecule is CCN1CCNC2=C1N(C(C)C)C1=C(NCCN1C(C)(C)C)N2. The summed E-state index contributed by atoms with van der Waals surface area (Å²) < 4.78 is 0. The molecule has 0 aromatic rings. The van der Waals surface area contributed by atoms with Crippen LogP contribution in [0.2, 0.25) is 0 Å². The molecule has 130 valence electrons. The van der Waals surface area contributed by atoms with Crippen LogP contribution in [0.15, 0.2) is 23.3 Å². The summed E-state index contributed by atoms with van der Waals surface area (Å²) in [6.07, 6.45) is 0. The lowest BCUT2D eigenvalue weighted by atomic mass is 10.0. The second-order valence-corrected chi connectivity index (χ2v) is 7.74. The van der Waals surface area contributed by atoms with Crippen molar-refractivity contribution in [3.8, 4) is 0 Å². The van der Waals surface area contributed by atoms with Crippen molar-refractivity contribution in [3.63, 3.8) is 0 Å². The second kappa shape index (κ2) is 5.73. The molecule has 0 radical (unpaired) electrons. The van der Waals surface area contributed by atoms with Gasteiger partial charge in [0.25, 0.3) is 0 Å². The average Bonchev–Trinajstić information content (AvgIpc) is 2.50. The van der Waals surface area contributed by atoms with Crippen molar-refractivity contribution in [2.45, 2.75) is 53.1 Å². The van der Waals surface area contributed by atoms with Gasteiger partial charge in [-0.05, 0) is 41.5 Å². The van der Waals surface area contributed by atoms with Crippen LogP contribution in [0, 0.1) is 0 Å². The van der Waals surface area contributed by atoms with Crippen LogP contribution in [0.25, 0.3) is 0 Å². The van der Waals surface area contributed by atoms with Gasteiger partial charge < -0.3 is 30.7 Å². The first kappa shape index (κ1) is 16.1. The average molecular weight is 320 g/mol. The Labute approximate surface area is 140 Å². The highest BCUT2D eigenvalue weighted by atomic mass is 15.5. The Hall–Kier alpha value is -1.72. The summed E-state index contributed by atoms with van der Waals surface area (Å²) in [5.41, 5.74) is 0.0920. The molecule has 0 aliphatic carbocycles. The van der Waals surface area contributed by atoms with Gasteiger partial charge in [0.05, 0.1) is 0 Å². The maximum Gasteiger partial charge on any atom is 0.152 e. The van der Waals surface area contributed by atoms with E-state index in [9.17, 15) is 0 Å². The fourth-order valence-electron chi connectivity index (χ4n) is 3.67. The summed E-state index contributed by atoms with van der Waals surface area (Å²) >= 11 is 0. The standard InChI is InChI=1S/C17H32N6/c1-7-21-10-8-18-13-15(21)23(12(2)3)16-14(20-13)19-9-11-22(16)17(4,5)6/h12,18-20H,7-11H2,1-6H3. The van der Waals surface area contributed by atoms with E-state index < -0.39 is 0 Å². The molecule has 6 heteroatoms. The fraction of sp³-hybridized carbons (Fsp3) is 0.765. The third-order valence-electron chi connectivity index (χ3n) is 4.74. The zero-order chi connectivity index (χ0) is 16.8. The Balaban J connectivity index is 2.08. The molecule has 6 nitrogen and oxygen atoms in total. The number of hydrogen-bond donors (Lipinski definition) is 3. The monoisotopic (exact) mass is 320 g/mol. The van der Waals surface area contributed by atoms with Gasteiger partial charge >= 0.3 is 0 Å². The van der Waals surface area contributed by atoms with Gasteiger partial charge in [-0.15, -0.1) is 0 Å². The Morgan fingerprint density at radius 1 is 1.00 bits per heavy atom. The second-order valence-electron chi connectivity index (χ2n) is 7.74. The molecule has 0 spiro atoms. The first-order valence-electron chi connectivity index (χ1n) is 8.89. The van der Waals surface area contributed by atoms with Gasteiger partial charge in [0.1, 0.15) is 11.6 Å². The van der Waals surface area contributed by atoms with Gasteiger partial charge in [0.15, 0.2) is 11.6 Å². The van der Waals surface area contributed by atoms with E-state index in [4.69, 9.17) is 0 Å². The van der Waals surface area contributed by atoms with E-state index in [2.05, 4.69) is 72.2 Å². The number of hydrogen-bond acceptors (Lipinski definition) is 6. The minimum Gasteiger partial charge on any atom is -0.367 e. The van der Waals surface area contributed by atoms with Gasteiger partial charge in [-0.1, -0.05) is 0 Å². The number of rotatable bonds is 2. The van der Waals surface area contributed by atoms with Crippen LogP contribution in [0.3, 0.4) is 0 Å². The highest BCUT2D eigenvalue weighted by Gasteiger charge is 2.40. The third-order valence-corrected chi connectivity index (χ3v) is 4.74. The first-order chi connectivity index (χ1) is 10.8. The third kappa shape index (κ3) is 2.68. The van der Waals surface area contributed by atoms with Gasteiger partial charge in [-0.3, -0.25) is 0 Å². The molecule has 0 fully saturated rings. The molecule has 0 bridgehead atoms. The minimum absolute atomic E-state index is 0.0920. The summed E-state index contributed by atoms with van der Waals surface area (Å²) in [6.45, 7) is 18.7. The van der Waals surface area contributed by atoms with Gasteiger partial charge in [-0.25, -0.2) is 0 Å². The predicted octanol–water partition coefficient (Wildman–Crippen LogP) is 1.18. The van der Waals surface area contributed by atoms with E-state index in [0.29, 0.717) is 6.04 Å². The van der Waals surface area contributed by atoms with Crippen molar-refractivity contribution < 1.29 is 0 Å². The molecule has 3 heterocycles. The summed E-state index contributed by atoms with van der Waals surface area (Å²) in [7, 11) is 0. The lowest BCUT2D eigenvalue weighted by molar-refractivity contribution is 0.0747. The number of likely N-dealkylation sites (N-methyl/N-ethyl adjacent to an activating group) is 1. The van der Waals surface area contributed by atoms with Crippen LogP contribution in [0.1, 0.15) is 41.5 Å². The van der Waals surface area contributed by atoms with Crippen LogP contribution in [0.4, 0.5) is 0 Å². The molecule has 0 amide bonds. The van der Waals surface area contributed by atoms with Crippen molar-refractivity contribution in [2.75, 3.05) is 32.7 Å². The molecule has 0 atom stereocenters. The quantitative estimate of drug-likeness (QED) is 0.710. The Kier molecular flexibility index (Phi) is 4.02. The van der Waals surface area contributed by atoms with E-state index in [1.54, 1.807) is 0 Å².